The standard InChI is InChI=1S/C15H20N4O/c1-14(2)12(17)15(3,4)13(14)19-11(20)10-6-5-9(7-16)8-18-10/h5-6,8,12-13H,17H2,1-4H3,(H,19,20). The van der Waals surface area contributed by atoms with Crippen molar-refractivity contribution >= 4 is 5.91 Å². The summed E-state index contributed by atoms with van der Waals surface area (Å²) >= 11 is 0. The average Bonchev–Trinajstić information content (AvgIpc) is 2.43. The van der Waals surface area contributed by atoms with Crippen molar-refractivity contribution in [2.45, 2.75) is 39.8 Å². The molecule has 0 spiro atoms. The molecule has 2 rings (SSSR count). The number of hydrogen-bond donors (Lipinski definition) is 2. The summed E-state index contributed by atoms with van der Waals surface area (Å²) in [5.41, 5.74) is 6.63. The number of pyridine rings is 1. The monoisotopic (exact) mass is 272 g/mol. The van der Waals surface area contributed by atoms with E-state index in [-0.39, 0.29) is 28.8 Å². The fourth-order valence-electron chi connectivity index (χ4n) is 3.35. The Labute approximate surface area is 119 Å². The van der Waals surface area contributed by atoms with E-state index >= 15 is 0 Å². The Kier molecular flexibility index (Phi) is 3.31. The van der Waals surface area contributed by atoms with Gasteiger partial charge in [0.15, 0.2) is 0 Å². The molecule has 0 aromatic carbocycles. The molecule has 20 heavy (non-hydrogen) atoms. The molecule has 3 N–H and O–H groups in total. The molecule has 0 saturated heterocycles. The number of nitrogens with one attached hydrogen (secondary N) is 1. The first-order valence-electron chi connectivity index (χ1n) is 6.64. The third kappa shape index (κ3) is 2.06. The van der Waals surface area contributed by atoms with Crippen molar-refractivity contribution in [1.29, 1.82) is 5.26 Å². The second-order valence-electron chi connectivity index (χ2n) is 6.57. The SMILES string of the molecule is CC1(C)C(N)C(C)(C)C1NC(=O)c1ccc(C#N)cn1. The third-order valence-corrected chi connectivity index (χ3v) is 4.49. The van der Waals surface area contributed by atoms with Gasteiger partial charge >= 0.3 is 0 Å². The summed E-state index contributed by atoms with van der Waals surface area (Å²) < 4.78 is 0. The fourth-order valence-corrected chi connectivity index (χ4v) is 3.35. The Morgan fingerprint density at radius 3 is 2.40 bits per heavy atom. The van der Waals surface area contributed by atoms with Crippen molar-refractivity contribution < 1.29 is 4.79 Å². The number of carbonyl (C=O) groups is 1. The van der Waals surface area contributed by atoms with Gasteiger partial charge in [-0.2, -0.15) is 5.26 Å². The van der Waals surface area contributed by atoms with Crippen LogP contribution in [0.25, 0.3) is 0 Å². The minimum Gasteiger partial charge on any atom is -0.347 e. The summed E-state index contributed by atoms with van der Waals surface area (Å²) in [6.45, 7) is 8.22. The van der Waals surface area contributed by atoms with Crippen molar-refractivity contribution in [2.75, 3.05) is 0 Å². The molecule has 0 unspecified atom stereocenters. The highest BCUT2D eigenvalue weighted by Gasteiger charge is 2.60. The second kappa shape index (κ2) is 4.57. The molecule has 0 bridgehead atoms. The van der Waals surface area contributed by atoms with E-state index in [0.717, 1.165) is 0 Å². The molecule has 0 atom stereocenters. The van der Waals surface area contributed by atoms with Crippen molar-refractivity contribution in [2.24, 2.45) is 16.6 Å². The number of aromatic nitrogens is 1. The predicted octanol–water partition coefficient (Wildman–Crippen LogP) is 1.44. The van der Waals surface area contributed by atoms with Gasteiger partial charge < -0.3 is 11.1 Å². The average molecular weight is 272 g/mol. The maximum absolute atomic E-state index is 12.2. The summed E-state index contributed by atoms with van der Waals surface area (Å²) in [7, 11) is 0. The van der Waals surface area contributed by atoms with Crippen molar-refractivity contribution in [1.82, 2.24) is 10.3 Å². The first kappa shape index (κ1) is 14.5. The van der Waals surface area contributed by atoms with Crippen molar-refractivity contribution in [3.05, 3.63) is 29.6 Å². The van der Waals surface area contributed by atoms with E-state index in [1.54, 1.807) is 12.1 Å². The molecule has 106 valence electrons. The van der Waals surface area contributed by atoms with Crippen LogP contribution in [0.15, 0.2) is 18.3 Å². The highest BCUT2D eigenvalue weighted by Crippen LogP contribution is 2.52. The van der Waals surface area contributed by atoms with Crippen LogP contribution in [-0.2, 0) is 0 Å². The maximum Gasteiger partial charge on any atom is 0.270 e. The van der Waals surface area contributed by atoms with Crippen LogP contribution < -0.4 is 11.1 Å². The first-order valence-corrected chi connectivity index (χ1v) is 6.64. The molecule has 1 saturated carbocycles. The number of nitriles is 1. The summed E-state index contributed by atoms with van der Waals surface area (Å²) in [6.07, 6.45) is 1.40. The van der Waals surface area contributed by atoms with Gasteiger partial charge in [0.05, 0.1) is 5.56 Å². The van der Waals surface area contributed by atoms with E-state index in [0.29, 0.717) is 11.3 Å². The number of nitrogens with zero attached hydrogens (tertiary/aromatic N) is 2. The normalized spacial score (nSPS) is 26.2. The molecule has 1 aliphatic carbocycles. The number of nitrogens with two attached hydrogens (primary N) is 1. The Hall–Kier alpha value is -1.93. The van der Waals surface area contributed by atoms with Crippen LogP contribution >= 0.6 is 0 Å². The topological polar surface area (TPSA) is 91.8 Å². The van der Waals surface area contributed by atoms with E-state index in [4.69, 9.17) is 11.0 Å². The molecule has 5 heteroatoms. The van der Waals surface area contributed by atoms with E-state index in [1.807, 2.05) is 6.07 Å². The predicted molar refractivity (Wildman–Crippen MR) is 75.7 cm³/mol. The number of hydrogen-bond acceptors (Lipinski definition) is 4. The van der Waals surface area contributed by atoms with Crippen LogP contribution in [0.2, 0.25) is 0 Å². The van der Waals surface area contributed by atoms with Gasteiger partial charge in [-0.05, 0) is 12.1 Å². The largest absolute Gasteiger partial charge is 0.347 e. The Balaban J connectivity index is 2.14. The van der Waals surface area contributed by atoms with Gasteiger partial charge in [-0.15, -0.1) is 0 Å². The summed E-state index contributed by atoms with van der Waals surface area (Å²) in [5.74, 6) is -0.229. The van der Waals surface area contributed by atoms with E-state index in [9.17, 15) is 4.79 Å². The van der Waals surface area contributed by atoms with Gasteiger partial charge in [0.25, 0.3) is 5.91 Å². The summed E-state index contributed by atoms with van der Waals surface area (Å²) in [5, 5.41) is 11.7. The zero-order valence-corrected chi connectivity index (χ0v) is 12.3. The summed E-state index contributed by atoms with van der Waals surface area (Å²) in [6, 6.07) is 5.16. The van der Waals surface area contributed by atoms with Crippen LogP contribution in [0.5, 0.6) is 0 Å². The smallest absolute Gasteiger partial charge is 0.270 e. The van der Waals surface area contributed by atoms with Crippen molar-refractivity contribution in [3.63, 3.8) is 0 Å². The molecule has 1 amide bonds. The molecule has 1 aromatic rings. The van der Waals surface area contributed by atoms with Gasteiger partial charge in [0.1, 0.15) is 11.8 Å². The third-order valence-electron chi connectivity index (χ3n) is 4.49. The van der Waals surface area contributed by atoms with Gasteiger partial charge in [-0.3, -0.25) is 4.79 Å². The zero-order chi connectivity index (χ0) is 15.1. The fraction of sp³-hybridized carbons (Fsp3) is 0.533. The Bertz CT molecular complexity index is 553. The van der Waals surface area contributed by atoms with Gasteiger partial charge in [0.2, 0.25) is 0 Å². The Morgan fingerprint density at radius 1 is 1.35 bits per heavy atom. The Morgan fingerprint density at radius 2 is 1.95 bits per heavy atom. The summed E-state index contributed by atoms with van der Waals surface area (Å²) in [4.78, 5) is 16.2. The lowest BCUT2D eigenvalue weighted by Gasteiger charge is -2.62. The minimum absolute atomic E-state index is 0.00468. The van der Waals surface area contributed by atoms with E-state index in [1.165, 1.54) is 6.20 Å². The van der Waals surface area contributed by atoms with Crippen LogP contribution in [0.1, 0.15) is 43.7 Å². The number of carbonyl (C=O) groups excluding carboxylic acids is 1. The molecule has 1 aromatic heterocycles. The first-order chi connectivity index (χ1) is 9.21. The molecule has 1 heterocycles. The molecule has 1 aliphatic rings. The molecule has 1 fully saturated rings. The van der Waals surface area contributed by atoms with Gasteiger partial charge in [-0.25, -0.2) is 4.98 Å². The van der Waals surface area contributed by atoms with Crippen LogP contribution in [0, 0.1) is 22.2 Å². The van der Waals surface area contributed by atoms with E-state index < -0.39 is 0 Å². The number of rotatable bonds is 2. The lowest BCUT2D eigenvalue weighted by Crippen LogP contribution is -2.76. The number of amides is 1. The maximum atomic E-state index is 12.2. The highest BCUT2D eigenvalue weighted by molar-refractivity contribution is 5.92. The van der Waals surface area contributed by atoms with Crippen molar-refractivity contribution in [3.8, 4) is 6.07 Å². The van der Waals surface area contributed by atoms with Crippen LogP contribution in [-0.4, -0.2) is 23.0 Å². The molecular formula is C15H20N4O. The lowest BCUT2D eigenvalue weighted by molar-refractivity contribution is -0.0664. The van der Waals surface area contributed by atoms with E-state index in [2.05, 4.69) is 38.0 Å². The van der Waals surface area contributed by atoms with Crippen LogP contribution in [0.3, 0.4) is 0 Å². The zero-order valence-electron chi connectivity index (χ0n) is 12.3. The molecule has 0 radical (unpaired) electrons. The molecule has 5 nitrogen and oxygen atoms in total. The van der Waals surface area contributed by atoms with Crippen LogP contribution in [0.4, 0.5) is 0 Å². The van der Waals surface area contributed by atoms with Gasteiger partial charge in [0, 0.05) is 29.1 Å². The van der Waals surface area contributed by atoms with Gasteiger partial charge in [-0.1, -0.05) is 27.7 Å². The highest BCUT2D eigenvalue weighted by atomic mass is 16.2. The lowest BCUT2D eigenvalue weighted by atomic mass is 9.48. The second-order valence-corrected chi connectivity index (χ2v) is 6.57. The minimum atomic E-state index is -0.229. The molecular weight excluding hydrogens is 252 g/mol. The quantitative estimate of drug-likeness (QED) is 0.852. The molecule has 0 aliphatic heterocycles.